The fourth-order valence-electron chi connectivity index (χ4n) is 1.83. The van der Waals surface area contributed by atoms with E-state index in [4.69, 9.17) is 22.1 Å². The van der Waals surface area contributed by atoms with Gasteiger partial charge in [-0.2, -0.15) is 0 Å². The molecule has 0 saturated carbocycles. The van der Waals surface area contributed by atoms with Gasteiger partial charge in [-0.15, -0.1) is 0 Å². The third kappa shape index (κ3) is 3.08. The van der Waals surface area contributed by atoms with Gasteiger partial charge in [-0.25, -0.2) is 4.39 Å². The summed E-state index contributed by atoms with van der Waals surface area (Å²) >= 11 is 9.36. The zero-order valence-electron chi connectivity index (χ0n) is 10.2. The van der Waals surface area contributed by atoms with Gasteiger partial charge in [0.2, 0.25) is 0 Å². The summed E-state index contributed by atoms with van der Waals surface area (Å²) < 4.78 is 19.4. The van der Waals surface area contributed by atoms with Crippen molar-refractivity contribution in [1.82, 2.24) is 0 Å². The van der Waals surface area contributed by atoms with Crippen LogP contribution in [0.15, 0.2) is 40.9 Å². The second kappa shape index (κ2) is 5.90. The minimum atomic E-state index is -0.503. The Bertz CT molecular complexity index is 606. The predicted octanol–water partition coefficient (Wildman–Crippen LogP) is 4.30. The van der Waals surface area contributed by atoms with Crippen LogP contribution >= 0.6 is 27.5 Å². The van der Waals surface area contributed by atoms with Gasteiger partial charge in [0.05, 0.1) is 18.2 Å². The molecular formula is C14H12BrClFNO. The molecule has 0 spiro atoms. The summed E-state index contributed by atoms with van der Waals surface area (Å²) in [5, 5.41) is 0.559. The molecule has 0 heterocycles. The van der Waals surface area contributed by atoms with Crippen LogP contribution in [0.25, 0.3) is 0 Å². The standard InChI is InChI=1S/C14H12BrClFNO/c1-19-13-5-3-9(17)7-10(13)14(18)8-2-4-11(15)12(16)6-8/h2-7,14H,18H2,1H3. The summed E-state index contributed by atoms with van der Waals surface area (Å²) in [6, 6.07) is 9.17. The van der Waals surface area contributed by atoms with Crippen LogP contribution in [0.4, 0.5) is 4.39 Å². The third-order valence-electron chi connectivity index (χ3n) is 2.83. The maximum absolute atomic E-state index is 13.4. The average molecular weight is 345 g/mol. The Morgan fingerprint density at radius 1 is 1.26 bits per heavy atom. The van der Waals surface area contributed by atoms with Gasteiger partial charge < -0.3 is 10.5 Å². The Hall–Kier alpha value is -1.10. The Morgan fingerprint density at radius 2 is 2.00 bits per heavy atom. The SMILES string of the molecule is COc1ccc(F)cc1C(N)c1ccc(Br)c(Cl)c1. The molecule has 100 valence electrons. The molecule has 0 aliphatic rings. The molecule has 2 aromatic carbocycles. The fourth-order valence-corrected chi connectivity index (χ4v) is 2.27. The van der Waals surface area contributed by atoms with E-state index in [2.05, 4.69) is 15.9 Å². The first-order chi connectivity index (χ1) is 9.02. The summed E-state index contributed by atoms with van der Waals surface area (Å²) in [4.78, 5) is 0. The molecule has 0 radical (unpaired) electrons. The highest BCUT2D eigenvalue weighted by Crippen LogP contribution is 2.32. The highest BCUT2D eigenvalue weighted by atomic mass is 79.9. The number of nitrogens with two attached hydrogens (primary N) is 1. The number of hydrogen-bond acceptors (Lipinski definition) is 2. The molecular weight excluding hydrogens is 333 g/mol. The predicted molar refractivity (Wildman–Crippen MR) is 78.1 cm³/mol. The number of benzene rings is 2. The third-order valence-corrected chi connectivity index (χ3v) is 4.06. The lowest BCUT2D eigenvalue weighted by Gasteiger charge is -2.16. The minimum Gasteiger partial charge on any atom is -0.496 e. The van der Waals surface area contributed by atoms with E-state index in [1.165, 1.54) is 19.2 Å². The zero-order chi connectivity index (χ0) is 14.0. The topological polar surface area (TPSA) is 35.2 Å². The molecule has 0 amide bonds. The van der Waals surface area contributed by atoms with E-state index in [-0.39, 0.29) is 5.82 Å². The van der Waals surface area contributed by atoms with Crippen molar-refractivity contribution in [2.75, 3.05) is 7.11 Å². The van der Waals surface area contributed by atoms with Crippen LogP contribution < -0.4 is 10.5 Å². The Balaban J connectivity index is 2.45. The van der Waals surface area contributed by atoms with Crippen molar-refractivity contribution in [3.63, 3.8) is 0 Å². The highest BCUT2D eigenvalue weighted by Gasteiger charge is 2.16. The summed E-state index contributed by atoms with van der Waals surface area (Å²) in [6.45, 7) is 0. The molecule has 2 rings (SSSR count). The van der Waals surface area contributed by atoms with E-state index in [0.717, 1.165) is 10.0 Å². The van der Waals surface area contributed by atoms with Crippen molar-refractivity contribution in [1.29, 1.82) is 0 Å². The molecule has 2 aromatic rings. The largest absolute Gasteiger partial charge is 0.496 e. The summed E-state index contributed by atoms with van der Waals surface area (Å²) in [5.74, 6) is 0.197. The quantitative estimate of drug-likeness (QED) is 0.901. The van der Waals surface area contributed by atoms with Crippen molar-refractivity contribution in [3.8, 4) is 5.75 Å². The first-order valence-electron chi connectivity index (χ1n) is 5.57. The van der Waals surface area contributed by atoms with Crippen LogP contribution in [-0.4, -0.2) is 7.11 Å². The molecule has 0 aliphatic heterocycles. The summed E-state index contributed by atoms with van der Waals surface area (Å²) in [5.41, 5.74) is 7.53. The van der Waals surface area contributed by atoms with Gasteiger partial charge in [0.1, 0.15) is 11.6 Å². The molecule has 0 aliphatic carbocycles. The first-order valence-corrected chi connectivity index (χ1v) is 6.74. The van der Waals surface area contributed by atoms with Crippen molar-refractivity contribution >= 4 is 27.5 Å². The lowest BCUT2D eigenvalue weighted by atomic mass is 9.98. The Kier molecular flexibility index (Phi) is 4.45. The average Bonchev–Trinajstić information content (AvgIpc) is 2.41. The Labute approximate surface area is 124 Å². The Morgan fingerprint density at radius 3 is 2.63 bits per heavy atom. The normalized spacial score (nSPS) is 12.3. The number of rotatable bonds is 3. The van der Waals surface area contributed by atoms with E-state index in [9.17, 15) is 4.39 Å². The van der Waals surface area contributed by atoms with E-state index in [1.54, 1.807) is 12.1 Å². The van der Waals surface area contributed by atoms with Gasteiger partial charge in [-0.05, 0) is 51.8 Å². The maximum Gasteiger partial charge on any atom is 0.124 e. The van der Waals surface area contributed by atoms with Gasteiger partial charge in [0.25, 0.3) is 0 Å². The molecule has 1 atom stereocenters. The number of halogens is 3. The highest BCUT2D eigenvalue weighted by molar-refractivity contribution is 9.10. The van der Waals surface area contributed by atoms with Gasteiger partial charge >= 0.3 is 0 Å². The summed E-state index contributed by atoms with van der Waals surface area (Å²) in [7, 11) is 1.53. The van der Waals surface area contributed by atoms with Gasteiger partial charge in [0.15, 0.2) is 0 Å². The van der Waals surface area contributed by atoms with Gasteiger partial charge in [-0.1, -0.05) is 17.7 Å². The van der Waals surface area contributed by atoms with Crippen molar-refractivity contribution in [2.45, 2.75) is 6.04 Å². The van der Waals surface area contributed by atoms with Crippen LogP contribution in [-0.2, 0) is 0 Å². The zero-order valence-corrected chi connectivity index (χ0v) is 12.5. The van der Waals surface area contributed by atoms with Crippen molar-refractivity contribution < 1.29 is 9.13 Å². The molecule has 5 heteroatoms. The van der Waals surface area contributed by atoms with Crippen LogP contribution in [0.5, 0.6) is 5.75 Å². The van der Waals surface area contributed by atoms with Crippen LogP contribution in [0.3, 0.4) is 0 Å². The lowest BCUT2D eigenvalue weighted by Crippen LogP contribution is -2.13. The molecule has 0 saturated heterocycles. The maximum atomic E-state index is 13.4. The van der Waals surface area contributed by atoms with E-state index >= 15 is 0 Å². The van der Waals surface area contributed by atoms with Crippen molar-refractivity contribution in [2.24, 2.45) is 5.73 Å². The smallest absolute Gasteiger partial charge is 0.124 e. The number of methoxy groups -OCH3 is 1. The monoisotopic (exact) mass is 343 g/mol. The molecule has 19 heavy (non-hydrogen) atoms. The molecule has 1 unspecified atom stereocenters. The molecule has 2 N–H and O–H groups in total. The van der Waals surface area contributed by atoms with Crippen molar-refractivity contribution in [3.05, 3.63) is 62.8 Å². The molecule has 0 bridgehead atoms. The first kappa shape index (κ1) is 14.3. The van der Waals surface area contributed by atoms with E-state index in [0.29, 0.717) is 16.3 Å². The minimum absolute atomic E-state index is 0.352. The van der Waals surface area contributed by atoms with E-state index < -0.39 is 6.04 Å². The fraction of sp³-hybridized carbons (Fsp3) is 0.143. The number of ether oxygens (including phenoxy) is 1. The van der Waals surface area contributed by atoms with Crippen LogP contribution in [0.1, 0.15) is 17.2 Å². The summed E-state index contributed by atoms with van der Waals surface area (Å²) in [6.07, 6.45) is 0. The molecule has 2 nitrogen and oxygen atoms in total. The van der Waals surface area contributed by atoms with Gasteiger partial charge in [0, 0.05) is 10.0 Å². The van der Waals surface area contributed by atoms with Crippen LogP contribution in [0, 0.1) is 5.82 Å². The van der Waals surface area contributed by atoms with E-state index in [1.807, 2.05) is 12.1 Å². The molecule has 0 aromatic heterocycles. The molecule has 0 fully saturated rings. The second-order valence-corrected chi connectivity index (χ2v) is 5.30. The van der Waals surface area contributed by atoms with Crippen LogP contribution in [0.2, 0.25) is 5.02 Å². The number of hydrogen-bond donors (Lipinski definition) is 1. The van der Waals surface area contributed by atoms with Gasteiger partial charge in [-0.3, -0.25) is 0 Å². The second-order valence-electron chi connectivity index (χ2n) is 4.04. The lowest BCUT2D eigenvalue weighted by molar-refractivity contribution is 0.406.